The Labute approximate surface area is 174 Å². The number of carbonyl (C=O) groups is 1. The number of carbonyl (C=O) groups excluding carboxylic acids is 1. The first-order valence-electron chi connectivity index (χ1n) is 8.65. The van der Waals surface area contributed by atoms with Crippen LogP contribution in [0, 0.1) is 18.3 Å². The van der Waals surface area contributed by atoms with E-state index < -0.39 is 5.97 Å². The van der Waals surface area contributed by atoms with E-state index in [1.165, 1.54) is 4.57 Å². The number of nitrogens with zero attached hydrogens (tertiary/aromatic N) is 4. The minimum atomic E-state index is -0.797. The van der Waals surface area contributed by atoms with Crippen LogP contribution in [-0.4, -0.2) is 27.8 Å². The lowest BCUT2D eigenvalue weighted by Gasteiger charge is -2.11. The van der Waals surface area contributed by atoms with Crippen molar-refractivity contribution >= 4 is 44.2 Å². The molecule has 0 saturated carbocycles. The fourth-order valence-corrected chi connectivity index (χ4v) is 3.06. The molecule has 0 aliphatic rings. The lowest BCUT2D eigenvalue weighted by atomic mass is 10.2. The molecule has 0 spiro atoms. The molecule has 0 aliphatic heterocycles. The molecule has 0 radical (unpaired) electrons. The number of esters is 1. The van der Waals surface area contributed by atoms with E-state index in [2.05, 4.69) is 31.4 Å². The van der Waals surface area contributed by atoms with Crippen LogP contribution >= 0.6 is 15.9 Å². The van der Waals surface area contributed by atoms with Gasteiger partial charge in [0.1, 0.15) is 11.9 Å². The summed E-state index contributed by atoms with van der Waals surface area (Å²) in [6.07, 6.45) is 0. The van der Waals surface area contributed by atoms with Crippen LogP contribution in [0.4, 0.5) is 5.69 Å². The number of halogens is 1. The second kappa shape index (κ2) is 8.67. The largest absolute Gasteiger partial charge is 0.461 e. The van der Waals surface area contributed by atoms with Crippen molar-refractivity contribution in [2.75, 3.05) is 12.0 Å². The minimum absolute atomic E-state index is 0.151. The number of hydrazone groups is 1. The SMILES string of the molecule is CCOC(=O)/C(C#N)=N/Nc1ccc(-n2c(C)nc3ccc(Br)cc3c2=O)cc1. The molecule has 0 unspecified atom stereocenters. The van der Waals surface area contributed by atoms with Gasteiger partial charge in [-0.05, 0) is 56.3 Å². The standard InChI is InChI=1S/C20H16BrN5O3/c1-3-29-20(28)18(11-22)25-24-14-5-7-15(8-6-14)26-12(2)23-17-9-4-13(21)10-16(17)19(26)27/h4-10,24H,3H2,1-2H3/b25-18+. The number of anilines is 1. The second-order valence-corrected chi connectivity index (χ2v) is 6.83. The average molecular weight is 454 g/mol. The number of nitrogens with one attached hydrogen (secondary N) is 1. The van der Waals surface area contributed by atoms with Gasteiger partial charge >= 0.3 is 5.97 Å². The Bertz CT molecular complexity index is 1210. The molecular weight excluding hydrogens is 438 g/mol. The number of aromatic nitrogens is 2. The van der Waals surface area contributed by atoms with Crippen molar-refractivity contribution in [2.45, 2.75) is 13.8 Å². The van der Waals surface area contributed by atoms with Gasteiger partial charge in [0.15, 0.2) is 0 Å². The van der Waals surface area contributed by atoms with Crippen LogP contribution in [0.1, 0.15) is 12.7 Å². The summed E-state index contributed by atoms with van der Waals surface area (Å²) < 4.78 is 7.06. The highest BCUT2D eigenvalue weighted by Crippen LogP contribution is 2.18. The number of aryl methyl sites for hydroxylation is 1. The molecule has 146 valence electrons. The summed E-state index contributed by atoms with van der Waals surface area (Å²) in [5, 5.41) is 13.3. The summed E-state index contributed by atoms with van der Waals surface area (Å²) in [5.41, 5.74) is 3.86. The van der Waals surface area contributed by atoms with Crippen LogP contribution in [0.5, 0.6) is 0 Å². The van der Waals surface area contributed by atoms with Crippen LogP contribution in [-0.2, 0) is 9.53 Å². The Kier molecular flexibility index (Phi) is 6.04. The highest BCUT2D eigenvalue weighted by molar-refractivity contribution is 9.10. The summed E-state index contributed by atoms with van der Waals surface area (Å²) in [6.45, 7) is 3.56. The van der Waals surface area contributed by atoms with E-state index in [-0.39, 0.29) is 17.9 Å². The quantitative estimate of drug-likeness (QED) is 0.360. The molecule has 9 heteroatoms. The van der Waals surface area contributed by atoms with E-state index >= 15 is 0 Å². The normalized spacial score (nSPS) is 11.2. The van der Waals surface area contributed by atoms with Crippen LogP contribution in [0.3, 0.4) is 0 Å². The molecular formula is C20H16BrN5O3. The highest BCUT2D eigenvalue weighted by atomic mass is 79.9. The molecule has 0 atom stereocenters. The van der Waals surface area contributed by atoms with E-state index in [1.807, 2.05) is 6.07 Å². The molecule has 1 N–H and O–H groups in total. The van der Waals surface area contributed by atoms with Gasteiger partial charge in [-0.3, -0.25) is 14.8 Å². The molecule has 0 saturated heterocycles. The van der Waals surface area contributed by atoms with Crippen LogP contribution < -0.4 is 11.0 Å². The number of hydrogen-bond acceptors (Lipinski definition) is 7. The molecule has 8 nitrogen and oxygen atoms in total. The van der Waals surface area contributed by atoms with E-state index in [0.29, 0.717) is 28.1 Å². The van der Waals surface area contributed by atoms with Gasteiger partial charge in [-0.15, -0.1) is 0 Å². The third kappa shape index (κ3) is 4.33. The van der Waals surface area contributed by atoms with E-state index in [4.69, 9.17) is 10.00 Å². The predicted octanol–water partition coefficient (Wildman–Crippen LogP) is 3.31. The van der Waals surface area contributed by atoms with Crippen molar-refractivity contribution in [3.8, 4) is 11.8 Å². The number of nitriles is 1. The Balaban J connectivity index is 1.92. The van der Waals surface area contributed by atoms with Crippen molar-refractivity contribution in [1.82, 2.24) is 9.55 Å². The molecule has 0 aliphatic carbocycles. The fourth-order valence-electron chi connectivity index (χ4n) is 2.69. The fraction of sp³-hybridized carbons (Fsp3) is 0.150. The number of benzene rings is 2. The third-order valence-corrected chi connectivity index (χ3v) is 4.49. The zero-order valence-electron chi connectivity index (χ0n) is 15.6. The molecule has 0 bridgehead atoms. The molecule has 2 aromatic carbocycles. The number of hydrogen-bond donors (Lipinski definition) is 1. The monoisotopic (exact) mass is 453 g/mol. The van der Waals surface area contributed by atoms with Gasteiger partial charge in [-0.1, -0.05) is 15.9 Å². The molecule has 3 rings (SSSR count). The molecule has 29 heavy (non-hydrogen) atoms. The topological polar surface area (TPSA) is 109 Å². The first-order valence-corrected chi connectivity index (χ1v) is 9.44. The van der Waals surface area contributed by atoms with E-state index in [9.17, 15) is 9.59 Å². The Morgan fingerprint density at radius 2 is 2.03 bits per heavy atom. The van der Waals surface area contributed by atoms with Crippen LogP contribution in [0.25, 0.3) is 16.6 Å². The summed E-state index contributed by atoms with van der Waals surface area (Å²) in [6, 6.07) is 13.8. The van der Waals surface area contributed by atoms with Crippen molar-refractivity contribution in [3.63, 3.8) is 0 Å². The highest BCUT2D eigenvalue weighted by Gasteiger charge is 2.12. The van der Waals surface area contributed by atoms with Gasteiger partial charge in [0.25, 0.3) is 5.56 Å². The predicted molar refractivity (Wildman–Crippen MR) is 113 cm³/mol. The second-order valence-electron chi connectivity index (χ2n) is 5.91. The Hall–Kier alpha value is -3.51. The van der Waals surface area contributed by atoms with Gasteiger partial charge in [-0.2, -0.15) is 10.4 Å². The van der Waals surface area contributed by atoms with Gasteiger partial charge in [-0.25, -0.2) is 9.78 Å². The number of fused-ring (bicyclic) bond motifs is 1. The molecule has 0 amide bonds. The lowest BCUT2D eigenvalue weighted by molar-refractivity contribution is -0.134. The lowest BCUT2D eigenvalue weighted by Crippen LogP contribution is -2.22. The van der Waals surface area contributed by atoms with Crippen molar-refractivity contribution in [3.05, 3.63) is 63.1 Å². The first-order chi connectivity index (χ1) is 13.9. The van der Waals surface area contributed by atoms with Gasteiger partial charge in [0.05, 0.1) is 28.9 Å². The van der Waals surface area contributed by atoms with Crippen molar-refractivity contribution in [1.29, 1.82) is 5.26 Å². The minimum Gasteiger partial charge on any atom is -0.461 e. The Morgan fingerprint density at radius 1 is 1.31 bits per heavy atom. The number of rotatable bonds is 5. The summed E-state index contributed by atoms with van der Waals surface area (Å²) in [4.78, 5) is 29.0. The average Bonchev–Trinajstić information content (AvgIpc) is 2.70. The van der Waals surface area contributed by atoms with Crippen molar-refractivity contribution in [2.24, 2.45) is 5.10 Å². The van der Waals surface area contributed by atoms with Gasteiger partial charge in [0.2, 0.25) is 5.71 Å². The molecule has 0 fully saturated rings. The molecule has 3 aromatic rings. The maximum Gasteiger partial charge on any atom is 0.369 e. The Morgan fingerprint density at radius 3 is 2.69 bits per heavy atom. The van der Waals surface area contributed by atoms with E-state index in [1.54, 1.807) is 56.3 Å². The smallest absolute Gasteiger partial charge is 0.369 e. The zero-order valence-corrected chi connectivity index (χ0v) is 17.2. The first kappa shape index (κ1) is 20.2. The maximum absolute atomic E-state index is 13.0. The van der Waals surface area contributed by atoms with Crippen LogP contribution in [0.15, 0.2) is 56.8 Å². The number of ether oxygens (including phenoxy) is 1. The van der Waals surface area contributed by atoms with Gasteiger partial charge < -0.3 is 4.74 Å². The summed E-state index contributed by atoms with van der Waals surface area (Å²) in [7, 11) is 0. The maximum atomic E-state index is 13.0. The van der Waals surface area contributed by atoms with Crippen molar-refractivity contribution < 1.29 is 9.53 Å². The molecule has 1 heterocycles. The molecule has 1 aromatic heterocycles. The zero-order chi connectivity index (χ0) is 21.0. The van der Waals surface area contributed by atoms with Gasteiger partial charge in [0, 0.05) is 4.47 Å². The third-order valence-electron chi connectivity index (χ3n) is 3.99. The summed E-state index contributed by atoms with van der Waals surface area (Å²) >= 11 is 3.38. The van der Waals surface area contributed by atoms with E-state index in [0.717, 1.165) is 4.47 Å². The summed E-state index contributed by atoms with van der Waals surface area (Å²) in [5.74, 6) is -0.243. The van der Waals surface area contributed by atoms with Crippen LogP contribution in [0.2, 0.25) is 0 Å².